The fourth-order valence-electron chi connectivity index (χ4n) is 2.88. The third-order valence-electron chi connectivity index (χ3n) is 4.37. The maximum Gasteiger partial charge on any atom is 0.436 e. The molecule has 150 valence electrons. The molecule has 0 aromatic heterocycles. The van der Waals surface area contributed by atoms with Crippen molar-refractivity contribution < 1.29 is 27.5 Å². The Balaban J connectivity index is 2.48. The molecule has 6 nitrogen and oxygen atoms in total. The molecule has 10 heteroatoms. The van der Waals surface area contributed by atoms with E-state index in [0.29, 0.717) is 13.1 Å². The van der Waals surface area contributed by atoms with Crippen LogP contribution in [-0.4, -0.2) is 73.3 Å². The summed E-state index contributed by atoms with van der Waals surface area (Å²) in [6, 6.07) is 5.68. The van der Waals surface area contributed by atoms with Gasteiger partial charge in [0.15, 0.2) is 0 Å². The van der Waals surface area contributed by atoms with Crippen molar-refractivity contribution in [1.29, 1.82) is 0 Å². The molecule has 1 saturated heterocycles. The molecule has 0 unspecified atom stereocenters. The summed E-state index contributed by atoms with van der Waals surface area (Å²) in [6.45, 7) is 1.61. The Morgan fingerprint density at radius 3 is 2.30 bits per heavy atom. The smallest absolute Gasteiger partial charge is 0.436 e. The first-order valence-electron chi connectivity index (χ1n) is 8.38. The minimum Gasteiger partial charge on any atom is -0.463 e. The molecule has 0 radical (unpaired) electrons. The number of likely N-dealkylation sites (N-methyl/N-ethyl adjacent to an activating group) is 1. The minimum atomic E-state index is -5.11. The largest absolute Gasteiger partial charge is 0.463 e. The first-order valence-corrected chi connectivity index (χ1v) is 8.76. The van der Waals surface area contributed by atoms with E-state index in [4.69, 9.17) is 16.3 Å². The zero-order valence-electron chi connectivity index (χ0n) is 15.0. The number of carbonyl (C=O) groups excluding carboxylic acids is 2. The van der Waals surface area contributed by atoms with Crippen molar-refractivity contribution in [2.75, 3.05) is 39.8 Å². The number of rotatable bonds is 5. The predicted octanol–water partition coefficient (Wildman–Crippen LogP) is 2.14. The molecule has 1 fully saturated rings. The molecule has 1 aliphatic heterocycles. The van der Waals surface area contributed by atoms with Gasteiger partial charge in [-0.25, -0.2) is 4.79 Å². The van der Waals surface area contributed by atoms with E-state index in [1.807, 2.05) is 10.2 Å². The Morgan fingerprint density at radius 1 is 1.19 bits per heavy atom. The molecule has 0 bridgehead atoms. The number of hydrogen-bond acceptors (Lipinski definition) is 5. The number of nitrogens with one attached hydrogen (secondary N) is 1. The topological polar surface area (TPSA) is 61.9 Å². The summed E-state index contributed by atoms with van der Waals surface area (Å²) in [6.07, 6.45) is -5.11. The van der Waals surface area contributed by atoms with Crippen LogP contribution in [0.3, 0.4) is 0 Å². The summed E-state index contributed by atoms with van der Waals surface area (Å²) < 4.78 is 47.3. The second kappa shape index (κ2) is 8.45. The SMILES string of the molecule is CCOC(=O)[C@](NC(=O)c1ccccc1Cl)(N1CCN(C)CC1)C(F)(F)F. The summed E-state index contributed by atoms with van der Waals surface area (Å²) in [5.74, 6) is -2.67. The molecule has 0 saturated carbocycles. The van der Waals surface area contributed by atoms with Crippen molar-refractivity contribution in [3.63, 3.8) is 0 Å². The average molecular weight is 408 g/mol. The van der Waals surface area contributed by atoms with Gasteiger partial charge in [0.2, 0.25) is 0 Å². The molecule has 0 spiro atoms. The van der Waals surface area contributed by atoms with Gasteiger partial charge in [0.25, 0.3) is 11.6 Å². The summed E-state index contributed by atoms with van der Waals surface area (Å²) in [4.78, 5) is 27.8. The van der Waals surface area contributed by atoms with Crippen molar-refractivity contribution in [2.45, 2.75) is 18.8 Å². The summed E-state index contributed by atoms with van der Waals surface area (Å²) in [7, 11) is 1.76. The van der Waals surface area contributed by atoms with Crippen LogP contribution in [0.2, 0.25) is 5.02 Å². The lowest BCUT2D eigenvalue weighted by atomic mass is 10.0. The molecule has 1 aromatic carbocycles. The van der Waals surface area contributed by atoms with E-state index in [1.165, 1.54) is 25.1 Å². The number of benzene rings is 1. The molecule has 0 aliphatic carbocycles. The second-order valence-corrected chi connectivity index (χ2v) is 6.56. The van der Waals surface area contributed by atoms with Gasteiger partial charge in [0.1, 0.15) is 0 Å². The molecule has 1 amide bonds. The van der Waals surface area contributed by atoms with Gasteiger partial charge in [0.05, 0.1) is 17.2 Å². The summed E-state index contributed by atoms with van der Waals surface area (Å²) in [5.41, 5.74) is -3.45. The number of piperazine rings is 1. The number of halogens is 4. The highest BCUT2D eigenvalue weighted by Crippen LogP contribution is 2.36. The quantitative estimate of drug-likeness (QED) is 0.758. The summed E-state index contributed by atoms with van der Waals surface area (Å²) >= 11 is 5.93. The van der Waals surface area contributed by atoms with Gasteiger partial charge in [-0.05, 0) is 26.1 Å². The van der Waals surface area contributed by atoms with Crippen LogP contribution in [0.5, 0.6) is 0 Å². The maximum absolute atomic E-state index is 14.2. The highest BCUT2D eigenvalue weighted by molar-refractivity contribution is 6.33. The fourth-order valence-corrected chi connectivity index (χ4v) is 3.10. The standard InChI is InChI=1S/C17H21ClF3N3O3/c1-3-27-15(26)16(17(19,20)21,24-10-8-23(2)9-11-24)22-14(25)12-6-4-5-7-13(12)18/h4-7H,3,8-11H2,1-2H3,(H,22,25)/t16-/m0/s1. The molecule has 1 aliphatic rings. The van der Waals surface area contributed by atoms with E-state index in [9.17, 15) is 22.8 Å². The molecule has 1 N–H and O–H groups in total. The van der Waals surface area contributed by atoms with E-state index >= 15 is 0 Å². The van der Waals surface area contributed by atoms with Crippen LogP contribution in [0.25, 0.3) is 0 Å². The van der Waals surface area contributed by atoms with Crippen LogP contribution in [0.1, 0.15) is 17.3 Å². The molecule has 1 aromatic rings. The number of amides is 1. The number of esters is 1. The number of carbonyl (C=O) groups is 2. The zero-order valence-corrected chi connectivity index (χ0v) is 15.7. The van der Waals surface area contributed by atoms with Gasteiger partial charge < -0.3 is 15.0 Å². The molecule has 2 rings (SSSR count). The van der Waals surface area contributed by atoms with E-state index in [2.05, 4.69) is 0 Å². The second-order valence-electron chi connectivity index (χ2n) is 6.15. The Bertz CT molecular complexity index is 693. The monoisotopic (exact) mass is 407 g/mol. The Morgan fingerprint density at radius 2 is 1.78 bits per heavy atom. The number of hydrogen-bond donors (Lipinski definition) is 1. The van der Waals surface area contributed by atoms with Gasteiger partial charge in [0, 0.05) is 26.2 Å². The lowest BCUT2D eigenvalue weighted by Gasteiger charge is -2.45. The van der Waals surface area contributed by atoms with Crippen LogP contribution in [-0.2, 0) is 9.53 Å². The average Bonchev–Trinajstić information content (AvgIpc) is 2.59. The third kappa shape index (κ3) is 4.36. The number of alkyl halides is 3. The normalized spacial score (nSPS) is 18.6. The van der Waals surface area contributed by atoms with Gasteiger partial charge >= 0.3 is 12.1 Å². The first-order chi connectivity index (χ1) is 12.6. The number of ether oxygens (including phenoxy) is 1. The van der Waals surface area contributed by atoms with Crippen LogP contribution >= 0.6 is 11.6 Å². The van der Waals surface area contributed by atoms with E-state index in [1.54, 1.807) is 13.1 Å². The van der Waals surface area contributed by atoms with Crippen molar-refractivity contribution in [2.24, 2.45) is 0 Å². The highest BCUT2D eigenvalue weighted by atomic mass is 35.5. The molecule has 1 heterocycles. The molecular weight excluding hydrogens is 387 g/mol. The lowest BCUT2D eigenvalue weighted by molar-refractivity contribution is -0.249. The van der Waals surface area contributed by atoms with Crippen LogP contribution in [0.4, 0.5) is 13.2 Å². The van der Waals surface area contributed by atoms with E-state index in [-0.39, 0.29) is 30.3 Å². The predicted molar refractivity (Wildman–Crippen MR) is 93.4 cm³/mol. The van der Waals surface area contributed by atoms with Crippen LogP contribution < -0.4 is 5.32 Å². The van der Waals surface area contributed by atoms with Crippen molar-refractivity contribution in [1.82, 2.24) is 15.1 Å². The maximum atomic E-state index is 14.2. The van der Waals surface area contributed by atoms with Crippen molar-refractivity contribution in [3.8, 4) is 0 Å². The minimum absolute atomic E-state index is 0.0201. The third-order valence-corrected chi connectivity index (χ3v) is 4.70. The Labute approximate surface area is 160 Å². The van der Waals surface area contributed by atoms with Crippen LogP contribution in [0.15, 0.2) is 24.3 Å². The Hall–Kier alpha value is -1.84. The van der Waals surface area contributed by atoms with Crippen molar-refractivity contribution >= 4 is 23.5 Å². The molecule has 27 heavy (non-hydrogen) atoms. The zero-order chi connectivity index (χ0) is 20.2. The highest BCUT2D eigenvalue weighted by Gasteiger charge is 2.66. The molecule has 1 atom stereocenters. The van der Waals surface area contributed by atoms with E-state index in [0.717, 1.165) is 4.90 Å². The van der Waals surface area contributed by atoms with E-state index < -0.39 is 23.7 Å². The Kier molecular flexibility index (Phi) is 6.72. The van der Waals surface area contributed by atoms with Gasteiger partial charge in [-0.15, -0.1) is 0 Å². The lowest BCUT2D eigenvalue weighted by Crippen LogP contribution is -2.75. The molecular formula is C17H21ClF3N3O3. The van der Waals surface area contributed by atoms with Gasteiger partial charge in [-0.3, -0.25) is 9.69 Å². The van der Waals surface area contributed by atoms with Gasteiger partial charge in [-0.2, -0.15) is 13.2 Å². The fraction of sp³-hybridized carbons (Fsp3) is 0.529. The summed E-state index contributed by atoms with van der Waals surface area (Å²) in [5, 5.41) is 1.86. The van der Waals surface area contributed by atoms with Crippen LogP contribution in [0, 0.1) is 0 Å². The van der Waals surface area contributed by atoms with Crippen molar-refractivity contribution in [3.05, 3.63) is 34.9 Å². The first kappa shape index (κ1) is 21.5. The number of nitrogens with zero attached hydrogens (tertiary/aromatic N) is 2. The van der Waals surface area contributed by atoms with Gasteiger partial charge in [-0.1, -0.05) is 23.7 Å².